The van der Waals surface area contributed by atoms with Crippen molar-refractivity contribution in [1.82, 2.24) is 4.90 Å². The molecule has 5 rings (SSSR count). The summed E-state index contributed by atoms with van der Waals surface area (Å²) >= 11 is 0. The largest absolute Gasteiger partial charge is 0.469 e. The number of esters is 1. The van der Waals surface area contributed by atoms with Gasteiger partial charge >= 0.3 is 5.97 Å². The summed E-state index contributed by atoms with van der Waals surface area (Å²) in [4.78, 5) is 26.8. The zero-order valence-corrected chi connectivity index (χ0v) is 14.7. The van der Waals surface area contributed by atoms with Gasteiger partial charge in [0.15, 0.2) is 0 Å². The molecule has 0 aromatic heterocycles. The van der Waals surface area contributed by atoms with E-state index in [-0.39, 0.29) is 48.4 Å². The summed E-state index contributed by atoms with van der Waals surface area (Å²) < 4.78 is 32.6. The van der Waals surface area contributed by atoms with E-state index in [1.807, 2.05) is 0 Å². The van der Waals surface area contributed by atoms with Gasteiger partial charge in [-0.25, -0.2) is 8.78 Å². The standard InChI is InChI=1S/C20H23F2NO3/c1-26-20(25)17-9-16(12-5-13(17)6-12)19(24)23-10-15(22)8-18(23)11-3-2-4-14(21)7-11/h2-4,7,12-13,15-18H,5-6,8-10H2,1H3/t12?,13?,15?,16-,17+,18?/m0/s1. The molecule has 1 amide bonds. The second-order valence-corrected chi connectivity index (χ2v) is 7.86. The number of fused-ring (bicyclic) bond motifs is 2. The number of halogens is 2. The zero-order chi connectivity index (χ0) is 18.4. The van der Waals surface area contributed by atoms with Crippen molar-refractivity contribution in [3.8, 4) is 0 Å². The molecule has 3 aliphatic carbocycles. The lowest BCUT2D eigenvalue weighted by Crippen LogP contribution is -2.51. The van der Waals surface area contributed by atoms with E-state index in [2.05, 4.69) is 0 Å². The molecule has 3 saturated carbocycles. The van der Waals surface area contributed by atoms with E-state index in [0.717, 1.165) is 12.8 Å². The summed E-state index contributed by atoms with van der Waals surface area (Å²) in [5, 5.41) is 0. The molecule has 1 aliphatic heterocycles. The molecule has 2 bridgehead atoms. The van der Waals surface area contributed by atoms with Gasteiger partial charge in [-0.05, 0) is 48.8 Å². The SMILES string of the molecule is COC(=O)[C@@H]1C[C@H](C(=O)N2CC(F)CC2c2cccc(F)c2)C2CC1C2. The molecule has 0 radical (unpaired) electrons. The molecule has 1 aromatic carbocycles. The number of rotatable bonds is 3. The smallest absolute Gasteiger partial charge is 0.308 e. The van der Waals surface area contributed by atoms with E-state index in [0.29, 0.717) is 17.9 Å². The number of likely N-dealkylation sites (tertiary alicyclic amines) is 1. The van der Waals surface area contributed by atoms with Gasteiger partial charge in [-0.2, -0.15) is 0 Å². The number of carbonyl (C=O) groups excluding carboxylic acids is 2. The van der Waals surface area contributed by atoms with Crippen molar-refractivity contribution in [2.75, 3.05) is 13.7 Å². The van der Waals surface area contributed by atoms with Crippen LogP contribution in [0.15, 0.2) is 24.3 Å². The van der Waals surface area contributed by atoms with Crippen LogP contribution in [-0.2, 0) is 14.3 Å². The molecule has 4 aliphatic rings. The van der Waals surface area contributed by atoms with Crippen LogP contribution >= 0.6 is 0 Å². The Hall–Kier alpha value is -1.98. The predicted molar refractivity (Wildman–Crippen MR) is 90.2 cm³/mol. The van der Waals surface area contributed by atoms with Crippen LogP contribution in [0.4, 0.5) is 8.78 Å². The Morgan fingerprint density at radius 1 is 1.12 bits per heavy atom. The van der Waals surface area contributed by atoms with Gasteiger partial charge in [-0.3, -0.25) is 9.59 Å². The molecule has 6 heteroatoms. The highest BCUT2D eigenvalue weighted by molar-refractivity contribution is 5.82. The number of nitrogens with zero attached hydrogens (tertiary/aromatic N) is 1. The quantitative estimate of drug-likeness (QED) is 0.775. The van der Waals surface area contributed by atoms with Crippen molar-refractivity contribution in [2.24, 2.45) is 23.7 Å². The third-order valence-corrected chi connectivity index (χ3v) is 6.44. The van der Waals surface area contributed by atoms with Crippen molar-refractivity contribution in [1.29, 1.82) is 0 Å². The number of amides is 1. The summed E-state index contributed by atoms with van der Waals surface area (Å²) in [6.07, 6.45) is 1.27. The molecule has 1 heterocycles. The fourth-order valence-electron chi connectivity index (χ4n) is 5.04. The lowest BCUT2D eigenvalue weighted by atomic mass is 9.55. The van der Waals surface area contributed by atoms with Crippen molar-refractivity contribution in [3.05, 3.63) is 35.6 Å². The van der Waals surface area contributed by atoms with Crippen LogP contribution < -0.4 is 0 Å². The first-order valence-electron chi connectivity index (χ1n) is 9.25. The first-order valence-corrected chi connectivity index (χ1v) is 9.25. The van der Waals surface area contributed by atoms with Crippen molar-refractivity contribution < 1.29 is 23.1 Å². The number of methoxy groups -OCH3 is 1. The molecule has 1 saturated heterocycles. The van der Waals surface area contributed by atoms with Crippen LogP contribution in [0.3, 0.4) is 0 Å². The Labute approximate surface area is 151 Å². The van der Waals surface area contributed by atoms with Gasteiger partial charge in [0.1, 0.15) is 12.0 Å². The second kappa shape index (κ2) is 6.63. The molecule has 2 unspecified atom stereocenters. The normalized spacial score (nSPS) is 35.7. The Morgan fingerprint density at radius 3 is 2.54 bits per heavy atom. The Kier molecular flexibility index (Phi) is 4.45. The average Bonchev–Trinajstić information content (AvgIpc) is 3.01. The van der Waals surface area contributed by atoms with Gasteiger partial charge in [0.2, 0.25) is 5.91 Å². The highest BCUT2D eigenvalue weighted by atomic mass is 19.1. The maximum absolute atomic E-state index is 14.1. The first-order chi connectivity index (χ1) is 12.5. The molecule has 4 atom stereocenters. The topological polar surface area (TPSA) is 46.6 Å². The molecule has 26 heavy (non-hydrogen) atoms. The number of benzene rings is 1. The minimum atomic E-state index is -1.11. The highest BCUT2D eigenvalue weighted by Gasteiger charge is 2.53. The van der Waals surface area contributed by atoms with Crippen LogP contribution in [0.5, 0.6) is 0 Å². The third kappa shape index (κ3) is 2.89. The van der Waals surface area contributed by atoms with Gasteiger partial charge in [0.05, 0.1) is 25.6 Å². The van der Waals surface area contributed by atoms with Crippen LogP contribution in [0.2, 0.25) is 0 Å². The molecule has 0 N–H and O–H groups in total. The Bertz CT molecular complexity index is 719. The van der Waals surface area contributed by atoms with Gasteiger partial charge in [-0.15, -0.1) is 0 Å². The van der Waals surface area contributed by atoms with Crippen LogP contribution in [0.25, 0.3) is 0 Å². The molecular weight excluding hydrogens is 340 g/mol. The lowest BCUT2D eigenvalue weighted by Gasteiger charge is -2.50. The van der Waals surface area contributed by atoms with Crippen molar-refractivity contribution >= 4 is 11.9 Å². The summed E-state index contributed by atoms with van der Waals surface area (Å²) in [6, 6.07) is 5.60. The van der Waals surface area contributed by atoms with Crippen LogP contribution in [0, 0.1) is 29.5 Å². The molecule has 140 valence electrons. The number of hydrogen-bond donors (Lipinski definition) is 0. The van der Waals surface area contributed by atoms with Crippen molar-refractivity contribution in [2.45, 2.75) is 37.9 Å². The number of ether oxygens (including phenoxy) is 1. The monoisotopic (exact) mass is 363 g/mol. The van der Waals surface area contributed by atoms with E-state index in [9.17, 15) is 18.4 Å². The van der Waals surface area contributed by atoms with E-state index < -0.39 is 12.2 Å². The minimum Gasteiger partial charge on any atom is -0.469 e. The first kappa shape index (κ1) is 17.4. The average molecular weight is 363 g/mol. The summed E-state index contributed by atoms with van der Waals surface area (Å²) in [7, 11) is 1.37. The number of alkyl halides is 1. The van der Waals surface area contributed by atoms with E-state index >= 15 is 0 Å². The van der Waals surface area contributed by atoms with Gasteiger partial charge in [0, 0.05) is 12.3 Å². The molecule has 4 nitrogen and oxygen atoms in total. The lowest BCUT2D eigenvalue weighted by molar-refractivity contribution is -0.161. The summed E-state index contributed by atoms with van der Waals surface area (Å²) in [6.45, 7) is 0.0373. The highest BCUT2D eigenvalue weighted by Crippen LogP contribution is 2.53. The van der Waals surface area contributed by atoms with Crippen molar-refractivity contribution in [3.63, 3.8) is 0 Å². The fourth-order valence-corrected chi connectivity index (χ4v) is 5.04. The summed E-state index contributed by atoms with van der Waals surface area (Å²) in [5.41, 5.74) is 0.630. The van der Waals surface area contributed by atoms with Crippen LogP contribution in [-0.4, -0.2) is 36.6 Å². The Balaban J connectivity index is 1.55. The van der Waals surface area contributed by atoms with Crippen LogP contribution in [0.1, 0.15) is 37.3 Å². The molecular formula is C20H23F2NO3. The second-order valence-electron chi connectivity index (χ2n) is 7.86. The molecule has 0 spiro atoms. The van der Waals surface area contributed by atoms with E-state index in [4.69, 9.17) is 4.74 Å². The number of carbonyl (C=O) groups is 2. The number of hydrogen-bond acceptors (Lipinski definition) is 3. The minimum absolute atomic E-state index is 0.0373. The fraction of sp³-hybridized carbons (Fsp3) is 0.600. The predicted octanol–water partition coefficient (Wildman–Crippen LogP) is 3.27. The molecule has 1 aromatic rings. The third-order valence-electron chi connectivity index (χ3n) is 6.44. The maximum atomic E-state index is 14.1. The molecule has 4 fully saturated rings. The van der Waals surface area contributed by atoms with E-state index in [1.54, 1.807) is 17.0 Å². The Morgan fingerprint density at radius 2 is 1.85 bits per heavy atom. The van der Waals surface area contributed by atoms with E-state index in [1.165, 1.54) is 19.2 Å². The zero-order valence-electron chi connectivity index (χ0n) is 14.7. The van der Waals surface area contributed by atoms with Gasteiger partial charge in [0.25, 0.3) is 0 Å². The van der Waals surface area contributed by atoms with Gasteiger partial charge in [-0.1, -0.05) is 12.1 Å². The summed E-state index contributed by atoms with van der Waals surface area (Å²) in [5.74, 6) is -0.680. The maximum Gasteiger partial charge on any atom is 0.308 e. The van der Waals surface area contributed by atoms with Gasteiger partial charge < -0.3 is 9.64 Å².